The average Bonchev–Trinajstić information content (AvgIpc) is 2.83. The summed E-state index contributed by atoms with van der Waals surface area (Å²) in [5, 5.41) is 10.8. The summed E-state index contributed by atoms with van der Waals surface area (Å²) >= 11 is 0. The quantitative estimate of drug-likeness (QED) is 0.741. The van der Waals surface area contributed by atoms with E-state index in [2.05, 4.69) is 4.98 Å². The first-order valence-electron chi connectivity index (χ1n) is 9.71. The van der Waals surface area contributed by atoms with Gasteiger partial charge in [-0.05, 0) is 33.1 Å². The van der Waals surface area contributed by atoms with Gasteiger partial charge in [-0.2, -0.15) is 0 Å². The van der Waals surface area contributed by atoms with E-state index in [0.29, 0.717) is 5.56 Å². The van der Waals surface area contributed by atoms with Crippen LogP contribution < -0.4 is 11.2 Å². The smallest absolute Gasteiger partial charge is 0.330 e. The molecular formula is C20H35N2O5Si. The van der Waals surface area contributed by atoms with Gasteiger partial charge in [-0.25, -0.2) is 4.79 Å². The fourth-order valence-corrected chi connectivity index (χ4v) is 5.26. The number of aryl methyl sites for hydroxylation is 1. The topological polar surface area (TPSA) is 93.6 Å². The summed E-state index contributed by atoms with van der Waals surface area (Å²) in [6, 6.07) is 0. The first-order valence-corrected chi connectivity index (χ1v) is 12.2. The molecule has 0 saturated carbocycles. The van der Waals surface area contributed by atoms with Gasteiger partial charge in [0.15, 0.2) is 0 Å². The molecule has 1 aliphatic rings. The van der Waals surface area contributed by atoms with Crippen LogP contribution in [0.5, 0.6) is 0 Å². The van der Waals surface area contributed by atoms with E-state index in [-0.39, 0.29) is 18.6 Å². The maximum absolute atomic E-state index is 12.7. The molecule has 0 aliphatic carbocycles. The number of hydrogen-bond acceptors (Lipinski definition) is 5. The fraction of sp³-hybridized carbons (Fsp3) is 0.800. The number of hydrogen-bond donors (Lipinski definition) is 2. The number of nitrogens with zero attached hydrogens (tertiary/aromatic N) is 1. The van der Waals surface area contributed by atoms with Gasteiger partial charge in [0.25, 0.3) is 5.56 Å². The summed E-state index contributed by atoms with van der Waals surface area (Å²) in [5.41, 5.74) is -2.59. The SMILES string of the molecule is Cc1cn([C@@]2([Si](C)C)C[C@@](O)(C(C)(C)C)[C@@H](COC(C)(C)C)O2)c(=O)[nH]c1=O. The predicted molar refractivity (Wildman–Crippen MR) is 111 cm³/mol. The molecule has 1 aromatic rings. The molecule has 1 saturated heterocycles. The molecule has 1 aliphatic heterocycles. The van der Waals surface area contributed by atoms with Crippen LogP contribution in [0.25, 0.3) is 0 Å². The predicted octanol–water partition coefficient (Wildman–Crippen LogP) is 2.17. The molecule has 159 valence electrons. The lowest BCUT2D eigenvalue weighted by Crippen LogP contribution is -2.54. The molecule has 1 radical (unpaired) electrons. The Labute approximate surface area is 168 Å². The van der Waals surface area contributed by atoms with Crippen molar-refractivity contribution >= 4 is 8.80 Å². The van der Waals surface area contributed by atoms with Crippen molar-refractivity contribution < 1.29 is 14.6 Å². The molecular weight excluding hydrogens is 376 g/mol. The minimum absolute atomic E-state index is 0.214. The van der Waals surface area contributed by atoms with E-state index >= 15 is 0 Å². The molecule has 1 fully saturated rings. The van der Waals surface area contributed by atoms with Gasteiger partial charge in [0.1, 0.15) is 25.9 Å². The molecule has 2 heterocycles. The van der Waals surface area contributed by atoms with E-state index in [1.165, 1.54) is 4.57 Å². The standard InChI is InChI=1S/C20H35N2O5Si/c1-13-10-22(16(24)21-15(13)23)20(28(8)9)12-19(25,17(2,3)4)14(27-20)11-26-18(5,6)7/h10,14,25H,11-12H2,1-9H3,(H,21,23,24)/t14-,19+,20+/m1/s1. The maximum atomic E-state index is 12.7. The van der Waals surface area contributed by atoms with Crippen LogP contribution in [-0.4, -0.2) is 47.4 Å². The fourth-order valence-electron chi connectivity index (χ4n) is 3.61. The van der Waals surface area contributed by atoms with Gasteiger partial charge in [0, 0.05) is 18.2 Å². The van der Waals surface area contributed by atoms with Crippen molar-refractivity contribution in [3.63, 3.8) is 0 Å². The van der Waals surface area contributed by atoms with Crippen LogP contribution in [-0.2, 0) is 14.8 Å². The Kier molecular flexibility index (Phi) is 5.96. The number of nitrogens with one attached hydrogen (secondary N) is 1. The van der Waals surface area contributed by atoms with Gasteiger partial charge in [-0.1, -0.05) is 33.9 Å². The summed E-state index contributed by atoms with van der Waals surface area (Å²) in [5.74, 6) is 0. The minimum atomic E-state index is -1.29. The van der Waals surface area contributed by atoms with E-state index < -0.39 is 42.5 Å². The molecule has 1 aromatic heterocycles. The van der Waals surface area contributed by atoms with E-state index in [1.807, 2.05) is 54.6 Å². The van der Waals surface area contributed by atoms with Crippen molar-refractivity contribution in [1.82, 2.24) is 9.55 Å². The lowest BCUT2D eigenvalue weighted by atomic mass is 9.72. The van der Waals surface area contributed by atoms with Crippen LogP contribution in [0.15, 0.2) is 15.8 Å². The van der Waals surface area contributed by atoms with Gasteiger partial charge in [0.2, 0.25) is 0 Å². The van der Waals surface area contributed by atoms with Crippen molar-refractivity contribution in [3.8, 4) is 0 Å². The summed E-state index contributed by atoms with van der Waals surface area (Å²) in [7, 11) is -1.29. The van der Waals surface area contributed by atoms with E-state index in [4.69, 9.17) is 9.47 Å². The zero-order chi connectivity index (χ0) is 21.7. The molecule has 7 nitrogen and oxygen atoms in total. The molecule has 0 bridgehead atoms. The highest BCUT2D eigenvalue weighted by Crippen LogP contribution is 2.50. The molecule has 28 heavy (non-hydrogen) atoms. The Balaban J connectivity index is 2.62. The summed E-state index contributed by atoms with van der Waals surface area (Å²) in [4.78, 5) is 27.0. The highest BCUT2D eigenvalue weighted by Gasteiger charge is 2.62. The molecule has 0 unspecified atom stereocenters. The monoisotopic (exact) mass is 411 g/mol. The van der Waals surface area contributed by atoms with Crippen molar-refractivity contribution in [2.45, 2.75) is 90.6 Å². The Morgan fingerprint density at radius 3 is 2.32 bits per heavy atom. The second-order valence-corrected chi connectivity index (χ2v) is 12.9. The number of H-pyrrole nitrogens is 1. The third-order valence-electron chi connectivity index (χ3n) is 5.64. The highest BCUT2D eigenvalue weighted by molar-refractivity contribution is 6.58. The normalized spacial score (nSPS) is 28.9. The van der Waals surface area contributed by atoms with Crippen molar-refractivity contribution in [1.29, 1.82) is 0 Å². The van der Waals surface area contributed by atoms with Crippen LogP contribution in [0.2, 0.25) is 13.1 Å². The van der Waals surface area contributed by atoms with Gasteiger partial charge in [-0.3, -0.25) is 14.3 Å². The Morgan fingerprint density at radius 1 is 1.29 bits per heavy atom. The second-order valence-electron chi connectivity index (χ2n) is 10.1. The van der Waals surface area contributed by atoms with Crippen molar-refractivity contribution in [3.05, 3.63) is 32.6 Å². The maximum Gasteiger partial charge on any atom is 0.330 e. The number of aliphatic hydroxyl groups is 1. The average molecular weight is 412 g/mol. The largest absolute Gasteiger partial charge is 0.386 e. The second kappa shape index (κ2) is 7.23. The lowest BCUT2D eigenvalue weighted by Gasteiger charge is -2.41. The molecule has 8 heteroatoms. The van der Waals surface area contributed by atoms with Gasteiger partial charge in [0.05, 0.1) is 12.2 Å². The minimum Gasteiger partial charge on any atom is -0.386 e. The van der Waals surface area contributed by atoms with Gasteiger partial charge < -0.3 is 14.6 Å². The summed E-state index contributed by atoms with van der Waals surface area (Å²) in [6.45, 7) is 17.7. The Hall–Kier alpha value is -1.22. The van der Waals surface area contributed by atoms with Crippen molar-refractivity contribution in [2.75, 3.05) is 6.61 Å². The van der Waals surface area contributed by atoms with Crippen LogP contribution in [0, 0.1) is 12.3 Å². The summed E-state index contributed by atoms with van der Waals surface area (Å²) in [6.07, 6.45) is 1.20. The lowest BCUT2D eigenvalue weighted by molar-refractivity contribution is -0.160. The van der Waals surface area contributed by atoms with Crippen LogP contribution >= 0.6 is 0 Å². The van der Waals surface area contributed by atoms with Crippen LogP contribution in [0.3, 0.4) is 0 Å². The number of aromatic amines is 1. The van der Waals surface area contributed by atoms with Crippen LogP contribution in [0.4, 0.5) is 0 Å². The number of rotatable bonds is 4. The van der Waals surface area contributed by atoms with E-state index in [0.717, 1.165) is 0 Å². The molecule has 3 atom stereocenters. The zero-order valence-electron chi connectivity index (χ0n) is 18.6. The van der Waals surface area contributed by atoms with Gasteiger partial charge in [-0.15, -0.1) is 0 Å². The third-order valence-corrected chi connectivity index (χ3v) is 7.73. The van der Waals surface area contributed by atoms with E-state index in [1.54, 1.807) is 13.1 Å². The number of aromatic nitrogens is 2. The molecule has 0 aromatic carbocycles. The third kappa shape index (κ3) is 4.05. The summed E-state index contributed by atoms with van der Waals surface area (Å²) < 4.78 is 14.0. The van der Waals surface area contributed by atoms with Crippen molar-refractivity contribution in [2.24, 2.45) is 5.41 Å². The molecule has 2 N–H and O–H groups in total. The van der Waals surface area contributed by atoms with E-state index in [9.17, 15) is 14.7 Å². The first-order chi connectivity index (χ1) is 12.5. The highest BCUT2D eigenvalue weighted by atomic mass is 28.3. The first kappa shape index (κ1) is 23.1. The Bertz CT molecular complexity index is 833. The van der Waals surface area contributed by atoms with Gasteiger partial charge >= 0.3 is 5.69 Å². The Morgan fingerprint density at radius 2 is 1.86 bits per heavy atom. The molecule has 2 rings (SSSR count). The van der Waals surface area contributed by atoms with Crippen LogP contribution in [0.1, 0.15) is 53.5 Å². The number of ether oxygens (including phenoxy) is 2. The molecule has 0 spiro atoms. The molecule has 0 amide bonds. The zero-order valence-corrected chi connectivity index (χ0v) is 19.6.